The number of nitrogens with zero attached hydrogens (tertiary/aromatic N) is 2. The van der Waals surface area contributed by atoms with Gasteiger partial charge in [0.25, 0.3) is 0 Å². The van der Waals surface area contributed by atoms with Crippen LogP contribution in [0.4, 0.5) is 11.4 Å². The minimum absolute atomic E-state index is 0.00277. The third-order valence-electron chi connectivity index (χ3n) is 15.3. The van der Waals surface area contributed by atoms with Gasteiger partial charge in [-0.05, 0) is 121 Å². The zero-order valence-corrected chi connectivity index (χ0v) is 37.6. The van der Waals surface area contributed by atoms with Crippen molar-refractivity contribution in [1.82, 2.24) is 4.57 Å². The van der Waals surface area contributed by atoms with Crippen molar-refractivity contribution in [3.63, 3.8) is 0 Å². The molecule has 0 saturated carbocycles. The third kappa shape index (κ3) is 4.54. The number of para-hydroxylation sites is 1. The fourth-order valence-corrected chi connectivity index (χ4v) is 12.0. The molecule has 0 spiro atoms. The third-order valence-corrected chi connectivity index (χ3v) is 15.3. The van der Waals surface area contributed by atoms with E-state index < -0.39 is 0 Å². The highest BCUT2D eigenvalue weighted by molar-refractivity contribution is 6.93. The van der Waals surface area contributed by atoms with E-state index in [-0.39, 0.29) is 23.1 Å². The Hall–Kier alpha value is -6.98. The second-order valence-electron chi connectivity index (χ2n) is 21.3. The predicted octanol–water partition coefficient (Wildman–Crippen LogP) is 14.7. The topological polar surface area (TPSA) is 34.5 Å². The van der Waals surface area contributed by atoms with E-state index in [2.05, 4.69) is 204 Å². The molecule has 0 radical (unpaired) electrons. The lowest BCUT2D eigenvalue weighted by Crippen LogP contribution is -2.60. The van der Waals surface area contributed by atoms with Gasteiger partial charge in [0.1, 0.15) is 22.3 Å². The Morgan fingerprint density at radius 3 is 2.03 bits per heavy atom. The number of benzene rings is 8. The van der Waals surface area contributed by atoms with E-state index in [1.165, 1.54) is 83.4 Å². The minimum atomic E-state index is -0.168. The average molecular weight is 827 g/mol. The summed E-state index contributed by atoms with van der Waals surface area (Å²) >= 11 is 0. The summed E-state index contributed by atoms with van der Waals surface area (Å²) in [4.78, 5) is 2.66. The lowest BCUT2D eigenvalue weighted by Gasteiger charge is -2.42. The highest BCUT2D eigenvalue weighted by atomic mass is 16.3. The lowest BCUT2D eigenvalue weighted by atomic mass is 9.43. The molecule has 0 amide bonds. The Balaban J connectivity index is 1.16. The molecule has 1 aliphatic carbocycles. The van der Waals surface area contributed by atoms with Gasteiger partial charge in [0, 0.05) is 55.0 Å². The van der Waals surface area contributed by atoms with Crippen molar-refractivity contribution < 1.29 is 8.83 Å². The smallest absolute Gasteiger partial charge is 0.333 e. The quantitative estimate of drug-likeness (QED) is 0.155. The average Bonchev–Trinajstić information content (AvgIpc) is 4.00. The van der Waals surface area contributed by atoms with Crippen molar-refractivity contribution in [3.8, 4) is 27.9 Å². The second-order valence-corrected chi connectivity index (χ2v) is 21.3. The first-order valence-corrected chi connectivity index (χ1v) is 22.9. The van der Waals surface area contributed by atoms with E-state index in [1.54, 1.807) is 0 Å². The Morgan fingerprint density at radius 1 is 0.500 bits per heavy atom. The molecule has 5 heterocycles. The molecule has 0 unspecified atom stereocenters. The summed E-state index contributed by atoms with van der Waals surface area (Å²) in [7, 11) is 0. The first-order valence-electron chi connectivity index (χ1n) is 22.9. The maximum absolute atomic E-state index is 6.88. The number of aromatic nitrogens is 1. The molecule has 3 aliphatic rings. The SMILES string of the molecule is CC(C)(C)c1ccc(N2B3c4cc5c(cc4-n4c6ccc7c8ccccc8oc7c6c6ccc(c3c64)-c3cc4oc6ccc(C(C)(C)C)cc6c4cc32)C(C)(C)c2ccccc2-5)cc1. The van der Waals surface area contributed by atoms with Crippen LogP contribution in [0.2, 0.25) is 0 Å². The summed E-state index contributed by atoms with van der Waals surface area (Å²) in [5.41, 5.74) is 22.6. The van der Waals surface area contributed by atoms with Gasteiger partial charge in [-0.25, -0.2) is 0 Å². The Kier molecular flexibility index (Phi) is 6.72. The van der Waals surface area contributed by atoms with Gasteiger partial charge in [-0.3, -0.25) is 0 Å². The standard InChI is InChI=1S/C59H47BN2O2/c1-57(2,3)32-17-20-34(21-18-32)62-48-29-43-42-27-33(58(4,5)6)19-26-51(42)63-52(43)30-41(48)37-22-23-39-53-47(25-24-38-36-14-10-12-16-50(36)64-56(38)53)61-49-31-45-40(28-46(49)60(62)54(37)55(39)61)35-13-9-11-15-44(35)59(45,7)8/h9-31H,1-8H3. The van der Waals surface area contributed by atoms with Gasteiger partial charge < -0.3 is 18.2 Å². The summed E-state index contributed by atoms with van der Waals surface area (Å²) in [5, 5.41) is 6.97. The molecule has 5 heteroatoms. The normalized spacial score (nSPS) is 14.9. The maximum atomic E-state index is 6.88. The molecule has 308 valence electrons. The van der Waals surface area contributed by atoms with Crippen LogP contribution < -0.4 is 15.7 Å². The molecule has 0 N–H and O–H groups in total. The number of rotatable bonds is 1. The first kappa shape index (κ1) is 36.5. The van der Waals surface area contributed by atoms with E-state index in [9.17, 15) is 0 Å². The summed E-state index contributed by atoms with van der Waals surface area (Å²) in [6.45, 7) is 18.4. The predicted molar refractivity (Wildman–Crippen MR) is 269 cm³/mol. The molecule has 2 aliphatic heterocycles. The van der Waals surface area contributed by atoms with Crippen LogP contribution in [-0.2, 0) is 16.2 Å². The number of hydrogen-bond donors (Lipinski definition) is 0. The Bertz CT molecular complexity index is 3900. The van der Waals surface area contributed by atoms with Gasteiger partial charge in [0.15, 0.2) is 0 Å². The maximum Gasteiger partial charge on any atom is 0.333 e. The minimum Gasteiger partial charge on any atom is -0.456 e. The van der Waals surface area contributed by atoms with Crippen molar-refractivity contribution in [1.29, 1.82) is 0 Å². The van der Waals surface area contributed by atoms with Crippen LogP contribution in [0.5, 0.6) is 0 Å². The van der Waals surface area contributed by atoms with Crippen LogP contribution >= 0.6 is 0 Å². The molecular weight excluding hydrogens is 779 g/mol. The number of hydrogen-bond acceptors (Lipinski definition) is 3. The van der Waals surface area contributed by atoms with E-state index >= 15 is 0 Å². The summed E-state index contributed by atoms with van der Waals surface area (Å²) < 4.78 is 16.3. The Labute approximate surface area is 372 Å². The van der Waals surface area contributed by atoms with Gasteiger partial charge >= 0.3 is 6.85 Å². The second kappa shape index (κ2) is 11.8. The van der Waals surface area contributed by atoms with Crippen molar-refractivity contribution in [2.45, 2.75) is 71.6 Å². The van der Waals surface area contributed by atoms with Gasteiger partial charge in [-0.15, -0.1) is 0 Å². The van der Waals surface area contributed by atoms with Crippen LogP contribution in [0.3, 0.4) is 0 Å². The molecule has 11 aromatic rings. The van der Waals surface area contributed by atoms with E-state index in [0.29, 0.717) is 0 Å². The monoisotopic (exact) mass is 826 g/mol. The number of furan rings is 2. The highest BCUT2D eigenvalue weighted by Crippen LogP contribution is 2.53. The van der Waals surface area contributed by atoms with Crippen LogP contribution in [0, 0.1) is 0 Å². The van der Waals surface area contributed by atoms with Gasteiger partial charge in [0.05, 0.1) is 16.4 Å². The molecule has 0 fully saturated rings. The summed E-state index contributed by atoms with van der Waals surface area (Å²) in [5.74, 6) is 0. The van der Waals surface area contributed by atoms with Crippen molar-refractivity contribution >= 4 is 94.8 Å². The lowest BCUT2D eigenvalue weighted by molar-refractivity contribution is 0.590. The molecule has 64 heavy (non-hydrogen) atoms. The molecule has 8 aromatic carbocycles. The number of fused-ring (bicyclic) bond motifs is 18. The molecule has 0 saturated heterocycles. The largest absolute Gasteiger partial charge is 0.456 e. The van der Waals surface area contributed by atoms with Gasteiger partial charge in [0.2, 0.25) is 0 Å². The van der Waals surface area contributed by atoms with Crippen molar-refractivity contribution in [2.75, 3.05) is 4.81 Å². The van der Waals surface area contributed by atoms with Crippen LogP contribution in [0.1, 0.15) is 77.6 Å². The fourth-order valence-electron chi connectivity index (χ4n) is 12.0. The Morgan fingerprint density at radius 2 is 1.22 bits per heavy atom. The van der Waals surface area contributed by atoms with E-state index in [0.717, 1.165) is 54.8 Å². The van der Waals surface area contributed by atoms with Crippen molar-refractivity contribution in [2.24, 2.45) is 0 Å². The van der Waals surface area contributed by atoms with Crippen molar-refractivity contribution in [3.05, 3.63) is 162 Å². The zero-order chi connectivity index (χ0) is 43.3. The molecule has 3 aromatic heterocycles. The fraction of sp³-hybridized carbons (Fsp3) is 0.186. The molecule has 14 rings (SSSR count). The van der Waals surface area contributed by atoms with Crippen LogP contribution in [-0.4, -0.2) is 11.4 Å². The molecule has 4 nitrogen and oxygen atoms in total. The molecular formula is C59H47BN2O2. The highest BCUT2D eigenvalue weighted by Gasteiger charge is 2.47. The molecule has 0 bridgehead atoms. The van der Waals surface area contributed by atoms with Crippen LogP contribution in [0.25, 0.3) is 93.6 Å². The van der Waals surface area contributed by atoms with Gasteiger partial charge in [-0.1, -0.05) is 134 Å². The summed E-state index contributed by atoms with van der Waals surface area (Å²) in [6.07, 6.45) is 0. The van der Waals surface area contributed by atoms with Gasteiger partial charge in [-0.2, -0.15) is 0 Å². The number of anilines is 2. The van der Waals surface area contributed by atoms with Crippen LogP contribution in [0.15, 0.2) is 148 Å². The summed E-state index contributed by atoms with van der Waals surface area (Å²) in [6, 6.07) is 52.9. The van der Waals surface area contributed by atoms with E-state index in [4.69, 9.17) is 8.83 Å². The molecule has 0 atom stereocenters. The zero-order valence-electron chi connectivity index (χ0n) is 37.6. The van der Waals surface area contributed by atoms with E-state index in [1.807, 2.05) is 0 Å². The first-order chi connectivity index (χ1) is 30.8.